The minimum atomic E-state index is -1.04. The van der Waals surface area contributed by atoms with Gasteiger partial charge in [0.15, 0.2) is 11.5 Å². The summed E-state index contributed by atoms with van der Waals surface area (Å²) < 4.78 is 12.9. The molecule has 0 spiro atoms. The van der Waals surface area contributed by atoms with E-state index in [-0.39, 0.29) is 61.1 Å². The Hall–Kier alpha value is -3.15. The van der Waals surface area contributed by atoms with E-state index >= 15 is 0 Å². The molecule has 2 aliphatic carbocycles. The van der Waals surface area contributed by atoms with Gasteiger partial charge in [-0.2, -0.15) is 0 Å². The van der Waals surface area contributed by atoms with Crippen LogP contribution < -0.4 is 10.5 Å². The molecule has 12 heteroatoms. The number of benzene rings is 1. The monoisotopic (exact) mass is 791 g/mol. The maximum atomic E-state index is 11.9. The number of hydrogen-bond donors (Lipinski definition) is 7. The molecule has 298 valence electrons. The molecule has 0 bridgehead atoms. The number of aromatic amines is 1. The first-order valence-corrected chi connectivity index (χ1v) is 22.3. The summed E-state index contributed by atoms with van der Waals surface area (Å²) in [5, 5.41) is 55.2. The van der Waals surface area contributed by atoms with E-state index in [0.29, 0.717) is 42.5 Å². The predicted octanol–water partition coefficient (Wildman–Crippen LogP) is 6.34. The Kier molecular flexibility index (Phi) is 15.3. The van der Waals surface area contributed by atoms with Crippen LogP contribution in [0.1, 0.15) is 86.1 Å². The zero-order chi connectivity index (χ0) is 38.7. The molecule has 3 heterocycles. The summed E-state index contributed by atoms with van der Waals surface area (Å²) in [6.45, 7) is 2.07. The maximum Gasteiger partial charge on any atom is 0.161 e. The number of nitrogens with one attached hydrogen (secondary N) is 1. The van der Waals surface area contributed by atoms with Crippen LogP contribution in [0.2, 0.25) is 0 Å². The van der Waals surface area contributed by atoms with Gasteiger partial charge in [0, 0.05) is 71.4 Å². The number of hydrogen-bond acceptors (Lipinski definition) is 11. The number of fused-ring (bicyclic) bond motifs is 2. The number of ether oxygens (including phenoxy) is 2. The zero-order valence-electron chi connectivity index (χ0n) is 31.6. The quantitative estimate of drug-likeness (QED) is 0.0694. The van der Waals surface area contributed by atoms with Crippen LogP contribution in [0.4, 0.5) is 5.82 Å². The number of phenolic OH excluding ortho intramolecular Hbond substituents is 1. The number of aromatic hydroxyl groups is 1. The molecular weight excluding hydrogens is 735 g/mol. The van der Waals surface area contributed by atoms with Gasteiger partial charge in [-0.1, -0.05) is 71.4 Å². The molecule has 55 heavy (non-hydrogen) atoms. The van der Waals surface area contributed by atoms with Crippen LogP contribution >= 0.6 is 21.6 Å². The van der Waals surface area contributed by atoms with Crippen molar-refractivity contribution in [2.45, 2.75) is 100 Å². The third-order valence-corrected chi connectivity index (χ3v) is 14.0. The van der Waals surface area contributed by atoms with E-state index in [9.17, 15) is 25.5 Å². The fraction of sp³-hybridized carbons (Fsp3) is 0.558. The fourth-order valence-corrected chi connectivity index (χ4v) is 10.9. The normalized spacial score (nSPS) is 30.4. The van der Waals surface area contributed by atoms with Crippen molar-refractivity contribution in [2.75, 3.05) is 31.3 Å². The summed E-state index contributed by atoms with van der Waals surface area (Å²) in [6.07, 6.45) is 11.3. The number of phenols is 1. The molecule has 2 aromatic heterocycles. The second-order valence-electron chi connectivity index (χ2n) is 15.2. The van der Waals surface area contributed by atoms with Gasteiger partial charge in [-0.05, 0) is 85.9 Å². The van der Waals surface area contributed by atoms with Crippen LogP contribution in [0.3, 0.4) is 0 Å². The summed E-state index contributed by atoms with van der Waals surface area (Å²) in [7, 11) is 3.19. The first kappa shape index (κ1) is 41.5. The lowest BCUT2D eigenvalue weighted by Gasteiger charge is -2.34. The Morgan fingerprint density at radius 3 is 2.65 bits per heavy atom. The van der Waals surface area contributed by atoms with Crippen molar-refractivity contribution in [1.82, 2.24) is 9.97 Å². The van der Waals surface area contributed by atoms with Crippen LogP contribution in [-0.2, 0) is 16.9 Å². The van der Waals surface area contributed by atoms with Gasteiger partial charge in [-0.15, -0.1) is 0 Å². The van der Waals surface area contributed by atoms with Crippen molar-refractivity contribution in [2.24, 2.45) is 23.7 Å². The molecule has 3 aliphatic rings. The van der Waals surface area contributed by atoms with E-state index in [1.165, 1.54) is 0 Å². The summed E-state index contributed by atoms with van der Waals surface area (Å²) >= 11 is 0. The highest BCUT2D eigenvalue weighted by atomic mass is 33.1. The second-order valence-corrected chi connectivity index (χ2v) is 17.7. The van der Waals surface area contributed by atoms with Gasteiger partial charge in [-0.3, -0.25) is 0 Å². The highest BCUT2D eigenvalue weighted by Crippen LogP contribution is 2.42. The summed E-state index contributed by atoms with van der Waals surface area (Å²) in [4.78, 5) is 7.71. The van der Waals surface area contributed by atoms with E-state index in [0.717, 1.165) is 54.5 Å². The molecule has 1 aromatic carbocycles. The number of rotatable bonds is 10. The van der Waals surface area contributed by atoms with Crippen molar-refractivity contribution >= 4 is 27.4 Å². The summed E-state index contributed by atoms with van der Waals surface area (Å²) in [5.41, 5.74) is 10.3. The van der Waals surface area contributed by atoms with E-state index in [2.05, 4.69) is 40.9 Å². The molecule has 10 atom stereocenters. The Bertz CT molecular complexity index is 1750. The third kappa shape index (κ3) is 10.6. The molecular formula is C43H57N3O7S2. The van der Waals surface area contributed by atoms with Crippen molar-refractivity contribution in [3.05, 3.63) is 83.3 Å². The van der Waals surface area contributed by atoms with Crippen LogP contribution in [0.25, 0.3) is 0 Å². The molecule has 0 radical (unpaired) electrons. The molecule has 0 saturated carbocycles. The Morgan fingerprint density at radius 2 is 1.87 bits per heavy atom. The van der Waals surface area contributed by atoms with E-state index in [4.69, 9.17) is 15.2 Å². The number of pyridine rings is 1. The van der Waals surface area contributed by atoms with E-state index < -0.39 is 24.2 Å². The fourth-order valence-electron chi connectivity index (χ4n) is 8.41. The highest BCUT2D eigenvalue weighted by Gasteiger charge is 2.38. The van der Waals surface area contributed by atoms with Crippen LogP contribution in [0, 0.1) is 35.5 Å². The van der Waals surface area contributed by atoms with Gasteiger partial charge >= 0.3 is 0 Å². The van der Waals surface area contributed by atoms with Crippen molar-refractivity contribution < 1.29 is 35.0 Å². The Morgan fingerprint density at radius 1 is 1.02 bits per heavy atom. The van der Waals surface area contributed by atoms with E-state index in [1.807, 2.05) is 36.5 Å². The van der Waals surface area contributed by atoms with Crippen LogP contribution in [0.5, 0.6) is 11.5 Å². The van der Waals surface area contributed by atoms with Crippen molar-refractivity contribution in [3.8, 4) is 23.3 Å². The number of anilines is 1. The average molecular weight is 792 g/mol. The van der Waals surface area contributed by atoms with Crippen molar-refractivity contribution in [1.29, 1.82) is 0 Å². The van der Waals surface area contributed by atoms with Gasteiger partial charge in [0.1, 0.15) is 11.9 Å². The summed E-state index contributed by atoms with van der Waals surface area (Å²) in [6, 6.07) is 11.3. The van der Waals surface area contributed by atoms with Gasteiger partial charge < -0.3 is 45.7 Å². The Balaban J connectivity index is 1.32. The second kappa shape index (κ2) is 20.3. The molecule has 3 aromatic rings. The molecule has 6 rings (SSSR count). The minimum Gasteiger partial charge on any atom is -0.504 e. The maximum absolute atomic E-state index is 11.9. The SMILES string of the molecule is CC[C@@H]1C#C[C@@H]2C=C[C@H](c3ccc(O)c(O[C@H]4C[C@@H](Cc5ccc[nH]5)c5ccnc(N)c5CSSC[C@H](CO)[C@@H]4O)c3)C[C@@H](O)[C@H]2[C@@H](OCCO)CCCC1. The number of nitrogens with zero attached hydrogens (tertiary/aromatic N) is 1. The van der Waals surface area contributed by atoms with Crippen LogP contribution in [0.15, 0.2) is 60.9 Å². The molecule has 0 unspecified atom stereocenters. The largest absolute Gasteiger partial charge is 0.504 e. The smallest absolute Gasteiger partial charge is 0.161 e. The average Bonchev–Trinajstić information content (AvgIpc) is 3.64. The Labute approximate surface area is 333 Å². The molecule has 1 aliphatic heterocycles. The van der Waals surface area contributed by atoms with Gasteiger partial charge in [0.25, 0.3) is 0 Å². The standard InChI is InChI=1S/C43H57N3O7S2/c1-2-27-6-3-4-8-38(52-19-18-47)41-28(10-9-27)11-12-29(21-37(41)50)30-13-14-36(49)39(22-30)53-40-23-31(20-33-7-5-16-45-33)34-15-17-46-43(44)35(34)26-55-54-25-32(24-48)42(40)51/h5,7,11-17,22,27-29,31-32,37-38,40-42,45,47-51H,2-4,6,8,18-21,23-26H2,1H3,(H2,44,46)/t27-,28+,29-,31+,32-,37+,38-,40-,41-,42-/m0/s1. The molecule has 0 saturated heterocycles. The van der Waals surface area contributed by atoms with Gasteiger partial charge in [0.2, 0.25) is 0 Å². The number of aliphatic hydroxyl groups is 4. The third-order valence-electron chi connectivity index (χ3n) is 11.6. The number of H-pyrrole nitrogens is 1. The first-order chi connectivity index (χ1) is 26.8. The molecule has 0 amide bonds. The number of aliphatic hydroxyl groups excluding tert-OH is 4. The van der Waals surface area contributed by atoms with E-state index in [1.54, 1.807) is 33.9 Å². The lowest BCUT2D eigenvalue weighted by Crippen LogP contribution is -2.41. The number of nitrogens with two attached hydrogens (primary N) is 1. The topological polar surface area (TPSA) is 174 Å². The number of aromatic nitrogens is 2. The number of allylic oxidation sites excluding steroid dienone is 2. The van der Waals surface area contributed by atoms with Gasteiger partial charge in [0.05, 0.1) is 31.5 Å². The highest BCUT2D eigenvalue weighted by molar-refractivity contribution is 8.76. The number of nitrogen functional groups attached to an aromatic ring is 1. The lowest BCUT2D eigenvalue weighted by molar-refractivity contribution is -0.0602. The van der Waals surface area contributed by atoms with Crippen molar-refractivity contribution in [3.63, 3.8) is 0 Å². The minimum absolute atomic E-state index is 0.0632. The predicted molar refractivity (Wildman–Crippen MR) is 220 cm³/mol. The zero-order valence-corrected chi connectivity index (χ0v) is 33.3. The van der Waals surface area contributed by atoms with Crippen LogP contribution in [-0.4, -0.2) is 85.5 Å². The molecule has 8 N–H and O–H groups in total. The molecule has 10 nitrogen and oxygen atoms in total. The first-order valence-electron chi connectivity index (χ1n) is 19.8. The summed E-state index contributed by atoms with van der Waals surface area (Å²) in [5.74, 6) is 7.79. The molecule has 0 fully saturated rings. The lowest BCUT2D eigenvalue weighted by atomic mass is 9.79. The van der Waals surface area contributed by atoms with Gasteiger partial charge in [-0.25, -0.2) is 4.98 Å².